The van der Waals surface area contributed by atoms with E-state index in [0.29, 0.717) is 22.6 Å². The molecule has 0 atom stereocenters. The average molecular weight is 395 g/mol. The van der Waals surface area contributed by atoms with E-state index in [2.05, 4.69) is 5.32 Å². The Morgan fingerprint density at radius 2 is 1.64 bits per heavy atom. The first-order chi connectivity index (χ1) is 13.5. The molecule has 3 aromatic carbocycles. The first kappa shape index (κ1) is 19.6. The summed E-state index contributed by atoms with van der Waals surface area (Å²) in [5, 5.41) is 2.78. The number of Topliss-reactive ketones (excluding diaryl/α,β-unsaturated/α-hetero) is 1. The highest BCUT2D eigenvalue weighted by atomic mass is 32.2. The molecule has 6 heteroatoms. The number of rotatable bonds is 7. The van der Waals surface area contributed by atoms with Gasteiger partial charge in [0.15, 0.2) is 5.78 Å². The quantitative estimate of drug-likeness (QED) is 0.449. The molecule has 0 bridgehead atoms. The molecule has 0 fully saturated rings. The highest BCUT2D eigenvalue weighted by molar-refractivity contribution is 8.00. The lowest BCUT2D eigenvalue weighted by Gasteiger charge is -2.08. The maximum atomic E-state index is 13.0. The molecule has 28 heavy (non-hydrogen) atoms. The number of anilines is 1. The second-order valence-electron chi connectivity index (χ2n) is 5.93. The lowest BCUT2D eigenvalue weighted by Crippen LogP contribution is -2.11. The summed E-state index contributed by atoms with van der Waals surface area (Å²) in [6.45, 7) is 0. The molecule has 0 heterocycles. The van der Waals surface area contributed by atoms with E-state index in [1.165, 1.54) is 36.0 Å². The van der Waals surface area contributed by atoms with Crippen molar-refractivity contribution in [1.29, 1.82) is 0 Å². The molecule has 1 amide bonds. The number of carbonyl (C=O) groups excluding carboxylic acids is 2. The van der Waals surface area contributed by atoms with Crippen molar-refractivity contribution in [1.82, 2.24) is 0 Å². The van der Waals surface area contributed by atoms with Crippen LogP contribution in [0.25, 0.3) is 0 Å². The van der Waals surface area contributed by atoms with Gasteiger partial charge in [0.2, 0.25) is 0 Å². The van der Waals surface area contributed by atoms with Crippen LogP contribution in [-0.4, -0.2) is 24.6 Å². The minimum Gasteiger partial charge on any atom is -0.497 e. The lowest BCUT2D eigenvalue weighted by atomic mass is 10.1. The largest absolute Gasteiger partial charge is 0.497 e. The van der Waals surface area contributed by atoms with E-state index >= 15 is 0 Å². The van der Waals surface area contributed by atoms with Crippen LogP contribution in [-0.2, 0) is 0 Å². The molecule has 0 saturated carbocycles. The van der Waals surface area contributed by atoms with Crippen molar-refractivity contribution < 1.29 is 18.7 Å². The van der Waals surface area contributed by atoms with E-state index in [1.54, 1.807) is 49.6 Å². The molecule has 0 saturated heterocycles. The number of carbonyl (C=O) groups is 2. The molecule has 3 aromatic rings. The van der Waals surface area contributed by atoms with E-state index in [1.807, 2.05) is 6.07 Å². The molecule has 0 aliphatic rings. The number of methoxy groups -OCH3 is 1. The van der Waals surface area contributed by atoms with Crippen molar-refractivity contribution in [3.05, 3.63) is 89.7 Å². The van der Waals surface area contributed by atoms with Gasteiger partial charge < -0.3 is 10.1 Å². The van der Waals surface area contributed by atoms with Crippen molar-refractivity contribution >= 4 is 29.1 Å². The zero-order valence-electron chi connectivity index (χ0n) is 15.1. The predicted molar refractivity (Wildman–Crippen MR) is 109 cm³/mol. The summed E-state index contributed by atoms with van der Waals surface area (Å²) in [7, 11) is 1.58. The van der Waals surface area contributed by atoms with Gasteiger partial charge in [0.05, 0.1) is 12.9 Å². The van der Waals surface area contributed by atoms with E-state index in [0.717, 1.165) is 4.90 Å². The van der Waals surface area contributed by atoms with Crippen LogP contribution in [0.15, 0.2) is 77.7 Å². The number of nitrogens with one attached hydrogen (secondary N) is 1. The van der Waals surface area contributed by atoms with Crippen LogP contribution >= 0.6 is 11.8 Å². The number of hydrogen-bond donors (Lipinski definition) is 1. The van der Waals surface area contributed by atoms with E-state index in [-0.39, 0.29) is 17.4 Å². The Kier molecular flexibility index (Phi) is 6.45. The van der Waals surface area contributed by atoms with Gasteiger partial charge in [-0.25, -0.2) is 4.39 Å². The van der Waals surface area contributed by atoms with Crippen LogP contribution < -0.4 is 10.1 Å². The Labute approximate surface area is 166 Å². The molecule has 142 valence electrons. The second kappa shape index (κ2) is 9.19. The molecular weight excluding hydrogens is 377 g/mol. The van der Waals surface area contributed by atoms with Crippen LogP contribution in [0, 0.1) is 5.82 Å². The summed E-state index contributed by atoms with van der Waals surface area (Å²) < 4.78 is 18.1. The van der Waals surface area contributed by atoms with Crippen molar-refractivity contribution in [2.75, 3.05) is 18.2 Å². The van der Waals surface area contributed by atoms with E-state index in [4.69, 9.17) is 4.74 Å². The Morgan fingerprint density at radius 3 is 2.32 bits per heavy atom. The van der Waals surface area contributed by atoms with E-state index in [9.17, 15) is 14.0 Å². The summed E-state index contributed by atoms with van der Waals surface area (Å²) in [6, 6.07) is 19.6. The number of thioether (sulfide) groups is 1. The van der Waals surface area contributed by atoms with Gasteiger partial charge in [0.25, 0.3) is 5.91 Å². The zero-order chi connectivity index (χ0) is 19.9. The third-order valence-corrected chi connectivity index (χ3v) is 4.97. The highest BCUT2D eigenvalue weighted by Crippen LogP contribution is 2.23. The van der Waals surface area contributed by atoms with Gasteiger partial charge in [-0.05, 0) is 66.7 Å². The minimum atomic E-state index is -0.392. The standard InChI is InChI=1S/C22H18FNO3S/c1-27-19-11-7-15(8-12-19)21(25)14-28-20-4-2-3-18(13-20)24-22(26)16-5-9-17(23)10-6-16/h2-13H,14H2,1H3,(H,24,26). The SMILES string of the molecule is COc1ccc(C(=O)CSc2cccc(NC(=O)c3ccc(F)cc3)c2)cc1. The molecule has 3 rings (SSSR count). The molecule has 0 aliphatic carbocycles. The predicted octanol–water partition coefficient (Wildman–Crippen LogP) is 5.06. The number of ether oxygens (including phenoxy) is 1. The molecule has 0 aliphatic heterocycles. The Hall–Kier alpha value is -3.12. The molecule has 0 unspecified atom stereocenters. The fourth-order valence-electron chi connectivity index (χ4n) is 2.48. The van der Waals surface area contributed by atoms with Crippen molar-refractivity contribution in [3.63, 3.8) is 0 Å². The number of ketones is 1. The third kappa shape index (κ3) is 5.20. The Morgan fingerprint density at radius 1 is 0.964 bits per heavy atom. The molecule has 1 N–H and O–H groups in total. The number of benzene rings is 3. The topological polar surface area (TPSA) is 55.4 Å². The maximum Gasteiger partial charge on any atom is 0.255 e. The Balaban J connectivity index is 1.60. The van der Waals surface area contributed by atoms with Crippen molar-refractivity contribution in [2.24, 2.45) is 0 Å². The highest BCUT2D eigenvalue weighted by Gasteiger charge is 2.09. The zero-order valence-corrected chi connectivity index (χ0v) is 16.0. The van der Waals surface area contributed by atoms with Gasteiger partial charge in [-0.1, -0.05) is 6.07 Å². The van der Waals surface area contributed by atoms with Gasteiger partial charge in [0.1, 0.15) is 11.6 Å². The van der Waals surface area contributed by atoms with E-state index < -0.39 is 5.82 Å². The van der Waals surface area contributed by atoms with Gasteiger partial charge in [-0.15, -0.1) is 11.8 Å². The minimum absolute atomic E-state index is 0.00778. The summed E-state index contributed by atoms with van der Waals surface area (Å²) in [5.41, 5.74) is 1.60. The molecule has 0 aromatic heterocycles. The lowest BCUT2D eigenvalue weighted by molar-refractivity contribution is 0.101. The van der Waals surface area contributed by atoms with Crippen molar-refractivity contribution in [2.45, 2.75) is 4.90 Å². The molecule has 0 radical (unpaired) electrons. The second-order valence-corrected chi connectivity index (χ2v) is 6.98. The monoisotopic (exact) mass is 395 g/mol. The maximum absolute atomic E-state index is 13.0. The number of amides is 1. The fraction of sp³-hybridized carbons (Fsp3) is 0.0909. The first-order valence-electron chi connectivity index (χ1n) is 8.52. The average Bonchev–Trinajstić information content (AvgIpc) is 2.73. The summed E-state index contributed by atoms with van der Waals surface area (Å²) in [5.74, 6) is 0.275. The van der Waals surface area contributed by atoms with Gasteiger partial charge >= 0.3 is 0 Å². The summed E-state index contributed by atoms with van der Waals surface area (Å²) >= 11 is 1.39. The van der Waals surface area contributed by atoms with Gasteiger partial charge in [0, 0.05) is 21.7 Å². The van der Waals surface area contributed by atoms with Gasteiger partial charge in [-0.3, -0.25) is 9.59 Å². The summed E-state index contributed by atoms with van der Waals surface area (Å²) in [4.78, 5) is 25.4. The van der Waals surface area contributed by atoms with Crippen LogP contribution in [0.5, 0.6) is 5.75 Å². The first-order valence-corrected chi connectivity index (χ1v) is 9.51. The van der Waals surface area contributed by atoms with Gasteiger partial charge in [-0.2, -0.15) is 0 Å². The van der Waals surface area contributed by atoms with Crippen LogP contribution in [0.2, 0.25) is 0 Å². The molecule has 4 nitrogen and oxygen atoms in total. The van der Waals surface area contributed by atoms with Crippen LogP contribution in [0.4, 0.5) is 10.1 Å². The normalized spacial score (nSPS) is 10.4. The number of hydrogen-bond acceptors (Lipinski definition) is 4. The van der Waals surface area contributed by atoms with Crippen LogP contribution in [0.3, 0.4) is 0 Å². The smallest absolute Gasteiger partial charge is 0.255 e. The molecule has 0 spiro atoms. The molecular formula is C22H18FNO3S. The summed E-state index contributed by atoms with van der Waals surface area (Å²) in [6.07, 6.45) is 0. The number of halogens is 1. The van der Waals surface area contributed by atoms with Crippen LogP contribution in [0.1, 0.15) is 20.7 Å². The third-order valence-electron chi connectivity index (χ3n) is 3.98. The van der Waals surface area contributed by atoms with Crippen molar-refractivity contribution in [3.8, 4) is 5.75 Å². The Bertz CT molecular complexity index is 972. The fourth-order valence-corrected chi connectivity index (χ4v) is 3.33.